The number of pyridine rings is 1. The monoisotopic (exact) mass is 346 g/mol. The number of amides is 1. The van der Waals surface area contributed by atoms with Crippen LogP contribution in [0.25, 0.3) is 0 Å². The van der Waals surface area contributed by atoms with Crippen LogP contribution in [0.3, 0.4) is 0 Å². The summed E-state index contributed by atoms with van der Waals surface area (Å²) in [4.78, 5) is 27.0. The van der Waals surface area contributed by atoms with Crippen LogP contribution in [-0.2, 0) is 15.0 Å². The van der Waals surface area contributed by atoms with Crippen LogP contribution >= 0.6 is 11.6 Å². The lowest BCUT2D eigenvalue weighted by molar-refractivity contribution is -0.123. The number of benzene rings is 1. The van der Waals surface area contributed by atoms with Gasteiger partial charge in [0.25, 0.3) is 6.29 Å². The molecule has 1 aliphatic heterocycles. The van der Waals surface area contributed by atoms with Crippen molar-refractivity contribution >= 4 is 29.5 Å². The Morgan fingerprint density at radius 1 is 1.50 bits per heavy atom. The second-order valence-electron chi connectivity index (χ2n) is 5.99. The van der Waals surface area contributed by atoms with Gasteiger partial charge in [-0.15, -0.1) is 0 Å². The first kappa shape index (κ1) is 16.4. The van der Waals surface area contributed by atoms with E-state index in [0.29, 0.717) is 17.7 Å². The number of halogens is 2. The van der Waals surface area contributed by atoms with E-state index in [1.54, 1.807) is 19.3 Å². The third-order valence-corrected chi connectivity index (χ3v) is 4.72. The number of hydrogen-bond donors (Lipinski definition) is 2. The van der Waals surface area contributed by atoms with Gasteiger partial charge in [-0.3, -0.25) is 14.6 Å². The molecule has 2 aromatic rings. The molecule has 0 aliphatic carbocycles. The largest absolute Gasteiger partial charge is 0.377 e. The van der Waals surface area contributed by atoms with E-state index in [1.165, 1.54) is 24.4 Å². The summed E-state index contributed by atoms with van der Waals surface area (Å²) in [5, 5.41) is 3.24. The van der Waals surface area contributed by atoms with Crippen molar-refractivity contribution in [2.45, 2.75) is 24.8 Å². The Labute approximate surface area is 143 Å². The molecule has 2 unspecified atom stereocenters. The van der Waals surface area contributed by atoms with E-state index in [1.807, 2.05) is 0 Å². The predicted molar refractivity (Wildman–Crippen MR) is 88.0 cm³/mol. The van der Waals surface area contributed by atoms with Crippen LogP contribution in [0.1, 0.15) is 36.2 Å². The summed E-state index contributed by atoms with van der Waals surface area (Å²) in [6, 6.07) is 5.60. The lowest BCUT2D eigenvalue weighted by Gasteiger charge is -2.39. The molecule has 3 N–H and O–H groups in total. The molecule has 5 nitrogen and oxygen atoms in total. The van der Waals surface area contributed by atoms with Crippen molar-refractivity contribution in [2.75, 3.05) is 5.32 Å². The number of carbonyl (C=O) groups is 1. The van der Waals surface area contributed by atoms with E-state index in [9.17, 15) is 14.0 Å². The van der Waals surface area contributed by atoms with Gasteiger partial charge in [0.1, 0.15) is 11.5 Å². The Hall–Kier alpha value is -2.47. The summed E-state index contributed by atoms with van der Waals surface area (Å²) in [5.74, 6) is -1.03. The maximum absolute atomic E-state index is 13.4. The van der Waals surface area contributed by atoms with Crippen LogP contribution in [0.4, 0.5) is 10.1 Å². The highest BCUT2D eigenvalue weighted by atomic mass is 35.5. The van der Waals surface area contributed by atoms with E-state index in [-0.39, 0.29) is 16.8 Å². The minimum absolute atomic E-state index is 0.00454. The molecule has 2 atom stereocenters. The zero-order chi connectivity index (χ0) is 17.5. The molecule has 0 saturated heterocycles. The van der Waals surface area contributed by atoms with Crippen molar-refractivity contribution in [1.82, 2.24) is 4.98 Å². The number of nitrogens with zero attached hydrogens (tertiary/aromatic N) is 1. The number of fused-ring (bicyclic) bond motifs is 1. The molecule has 1 aromatic heterocycles. The summed E-state index contributed by atoms with van der Waals surface area (Å²) >= 11 is 5.86. The van der Waals surface area contributed by atoms with Gasteiger partial charge in [0, 0.05) is 0 Å². The molecule has 7 heteroatoms. The first-order chi connectivity index (χ1) is 11.3. The average molecular weight is 347 g/mol. The van der Waals surface area contributed by atoms with Crippen molar-refractivity contribution in [3.63, 3.8) is 0 Å². The number of nitrogens with one attached hydrogen (secondary N) is 1. The molecule has 24 heavy (non-hydrogen) atoms. The van der Waals surface area contributed by atoms with Gasteiger partial charge in [-0.05, 0) is 42.7 Å². The molecule has 1 aliphatic rings. The number of rotatable bonds is 3. The Kier molecular flexibility index (Phi) is 4.01. The number of anilines is 1. The molecule has 0 fully saturated rings. The molecule has 3 rings (SSSR count). The molecular formula is C17H14ClFN3O2. The van der Waals surface area contributed by atoms with E-state index in [2.05, 4.69) is 10.3 Å². The fourth-order valence-corrected chi connectivity index (χ4v) is 3.19. The van der Waals surface area contributed by atoms with Gasteiger partial charge in [0.15, 0.2) is 0 Å². The van der Waals surface area contributed by atoms with Gasteiger partial charge < -0.3 is 11.1 Å². The molecule has 1 aromatic carbocycles. The average Bonchev–Trinajstić information content (AvgIpc) is 2.56. The third kappa shape index (κ3) is 2.63. The van der Waals surface area contributed by atoms with Gasteiger partial charge in [-0.2, -0.15) is 0 Å². The van der Waals surface area contributed by atoms with Crippen molar-refractivity contribution in [3.05, 3.63) is 58.1 Å². The molecule has 2 heterocycles. The summed E-state index contributed by atoms with van der Waals surface area (Å²) < 4.78 is 13.4. The summed E-state index contributed by atoms with van der Waals surface area (Å²) in [6.45, 7) is 1.71. The van der Waals surface area contributed by atoms with Gasteiger partial charge >= 0.3 is 0 Å². The molecule has 0 spiro atoms. The van der Waals surface area contributed by atoms with Crippen molar-refractivity contribution in [3.8, 4) is 0 Å². The molecule has 123 valence electrons. The van der Waals surface area contributed by atoms with Crippen molar-refractivity contribution < 1.29 is 14.0 Å². The molecular weight excluding hydrogens is 333 g/mol. The highest BCUT2D eigenvalue weighted by Gasteiger charge is 2.42. The van der Waals surface area contributed by atoms with Gasteiger partial charge in [-0.1, -0.05) is 17.7 Å². The lowest BCUT2D eigenvalue weighted by Crippen LogP contribution is -2.44. The smallest absolute Gasteiger partial charge is 0.253 e. The van der Waals surface area contributed by atoms with Gasteiger partial charge in [-0.25, -0.2) is 4.39 Å². The first-order valence-electron chi connectivity index (χ1n) is 7.25. The Bertz CT molecular complexity index is 843. The fraction of sp³-hybridized carbons (Fsp3) is 0.235. The van der Waals surface area contributed by atoms with Crippen LogP contribution < -0.4 is 11.1 Å². The first-order valence-corrected chi connectivity index (χ1v) is 7.63. The van der Waals surface area contributed by atoms with Crippen LogP contribution in [0, 0.1) is 5.82 Å². The molecule has 0 saturated carbocycles. The zero-order valence-electron chi connectivity index (χ0n) is 12.8. The number of nitrogens with two attached hydrogens (primary N) is 1. The van der Waals surface area contributed by atoms with Crippen LogP contribution in [0.2, 0.25) is 5.02 Å². The maximum Gasteiger partial charge on any atom is 0.253 e. The third-order valence-electron chi connectivity index (χ3n) is 4.43. The summed E-state index contributed by atoms with van der Waals surface area (Å²) in [6.07, 6.45) is 3.51. The summed E-state index contributed by atoms with van der Waals surface area (Å²) in [5.41, 5.74) is 6.63. The second-order valence-corrected chi connectivity index (χ2v) is 6.40. The Morgan fingerprint density at radius 3 is 2.88 bits per heavy atom. The predicted octanol–water partition coefficient (Wildman–Crippen LogP) is 2.63. The van der Waals surface area contributed by atoms with Gasteiger partial charge in [0.2, 0.25) is 5.91 Å². The molecule has 0 bridgehead atoms. The summed E-state index contributed by atoms with van der Waals surface area (Å²) in [7, 11) is 0. The minimum atomic E-state index is -1.01. The standard InChI is InChI=1S/C17H14ClFN3O2/c1-17(16(20)24)6-14(9-2-3-13(19)12(18)4-9)22-15-7-21-10(8-23)5-11(15)17/h2-5,7,14,22H,6H2,1H3,(H2,20,24). The van der Waals surface area contributed by atoms with Crippen LogP contribution in [-0.4, -0.2) is 17.2 Å². The Balaban J connectivity index is 2.09. The molecule has 1 amide bonds. The van der Waals surface area contributed by atoms with E-state index >= 15 is 0 Å². The number of hydrogen-bond acceptors (Lipinski definition) is 4. The quantitative estimate of drug-likeness (QED) is 0.894. The number of primary amides is 1. The topological polar surface area (TPSA) is 85.1 Å². The van der Waals surface area contributed by atoms with E-state index in [0.717, 1.165) is 5.56 Å². The van der Waals surface area contributed by atoms with Gasteiger partial charge in [0.05, 0.1) is 28.4 Å². The zero-order valence-corrected chi connectivity index (χ0v) is 13.5. The Morgan fingerprint density at radius 2 is 2.25 bits per heavy atom. The lowest BCUT2D eigenvalue weighted by atomic mass is 9.72. The molecule has 1 radical (unpaired) electrons. The van der Waals surface area contributed by atoms with Crippen molar-refractivity contribution in [2.24, 2.45) is 5.73 Å². The second kappa shape index (κ2) is 5.87. The SMILES string of the molecule is CC1(C(N)=O)CC(c2ccc(F)c(Cl)c2)Nc2cnc([C]=O)cc21. The number of carbonyl (C=O) groups excluding carboxylic acids is 2. The highest BCUT2D eigenvalue weighted by molar-refractivity contribution is 6.30. The van der Waals surface area contributed by atoms with Crippen molar-refractivity contribution in [1.29, 1.82) is 0 Å². The fourth-order valence-electron chi connectivity index (χ4n) is 3.00. The van der Waals surface area contributed by atoms with Crippen LogP contribution in [0.5, 0.6) is 0 Å². The normalized spacial score (nSPS) is 22.4. The minimum Gasteiger partial charge on any atom is -0.377 e. The van der Waals surface area contributed by atoms with E-state index in [4.69, 9.17) is 17.3 Å². The van der Waals surface area contributed by atoms with Crippen LogP contribution in [0.15, 0.2) is 30.5 Å². The maximum atomic E-state index is 13.4. The van der Waals surface area contributed by atoms with E-state index < -0.39 is 17.1 Å². The highest BCUT2D eigenvalue weighted by Crippen LogP contribution is 2.44. The number of aromatic nitrogens is 1.